The van der Waals surface area contributed by atoms with Gasteiger partial charge in [-0.2, -0.15) is 13.2 Å². The van der Waals surface area contributed by atoms with Gasteiger partial charge in [-0.3, -0.25) is 14.8 Å². The molecular weight excluding hydrogens is 579 g/mol. The summed E-state index contributed by atoms with van der Waals surface area (Å²) >= 11 is 1.10. The molecule has 4 N–H and O–H groups in total. The van der Waals surface area contributed by atoms with Crippen molar-refractivity contribution in [3.63, 3.8) is 0 Å². The van der Waals surface area contributed by atoms with Crippen LogP contribution in [-0.4, -0.2) is 67.6 Å². The number of alkyl halides is 3. The Hall–Kier alpha value is -3.53. The number of methoxy groups -OCH3 is 1. The number of hydrogen-bond acceptors (Lipinski definition) is 8. The van der Waals surface area contributed by atoms with E-state index in [0.29, 0.717) is 35.5 Å². The molecule has 8 nitrogen and oxygen atoms in total. The number of ether oxygens (including phenoxy) is 2. The Morgan fingerprint density at radius 3 is 2.60 bits per heavy atom. The van der Waals surface area contributed by atoms with E-state index in [1.165, 1.54) is 4.57 Å². The Morgan fingerprint density at radius 2 is 1.93 bits per heavy atom. The van der Waals surface area contributed by atoms with Crippen LogP contribution < -0.4 is 20.5 Å². The molecule has 0 radical (unpaired) electrons. The van der Waals surface area contributed by atoms with Gasteiger partial charge in [0, 0.05) is 41.6 Å². The molecule has 1 aromatic heterocycles. The number of nitrogens with two attached hydrogens (primary N) is 1. The van der Waals surface area contributed by atoms with Crippen LogP contribution in [0.4, 0.5) is 24.5 Å². The molecular formula is C31H38F3N5O3S. The van der Waals surface area contributed by atoms with Gasteiger partial charge in [-0.25, -0.2) is 0 Å². The summed E-state index contributed by atoms with van der Waals surface area (Å²) in [5, 5.41) is 13.0. The maximum Gasteiger partial charge on any atom is 0.406 e. The minimum absolute atomic E-state index is 0.144. The first kappa shape index (κ1) is 32.4. The number of carbonyl (C=O) groups is 1. The maximum absolute atomic E-state index is 13.6. The van der Waals surface area contributed by atoms with Crippen LogP contribution in [-0.2, 0) is 16.1 Å². The molecule has 3 aromatic rings. The van der Waals surface area contributed by atoms with Gasteiger partial charge in [-0.05, 0) is 67.1 Å². The van der Waals surface area contributed by atoms with Crippen molar-refractivity contribution in [1.82, 2.24) is 9.47 Å². The second-order valence-electron chi connectivity index (χ2n) is 10.7. The van der Waals surface area contributed by atoms with Crippen LogP contribution >= 0.6 is 11.9 Å². The summed E-state index contributed by atoms with van der Waals surface area (Å²) in [5.41, 5.74) is 2.25. The zero-order valence-corrected chi connectivity index (χ0v) is 25.4. The Balaban J connectivity index is 1.45. The lowest BCUT2D eigenvalue weighted by Gasteiger charge is -2.32. The van der Waals surface area contributed by atoms with E-state index in [2.05, 4.69) is 27.4 Å². The van der Waals surface area contributed by atoms with Crippen LogP contribution in [0.15, 0.2) is 47.4 Å². The number of nitrogens with one attached hydrogen (secondary N) is 2. The predicted molar refractivity (Wildman–Crippen MR) is 165 cm³/mol. The number of likely N-dealkylation sites (tertiary alicyclic amines) is 1. The molecule has 0 spiro atoms. The number of hydrogen-bond donors (Lipinski definition) is 3. The lowest BCUT2D eigenvalue weighted by Crippen LogP contribution is -2.40. The molecule has 43 heavy (non-hydrogen) atoms. The molecule has 2 heterocycles. The summed E-state index contributed by atoms with van der Waals surface area (Å²) in [6.45, 7) is 5.42. The molecule has 1 saturated heterocycles. The molecule has 2 aromatic carbocycles. The van der Waals surface area contributed by atoms with E-state index in [0.717, 1.165) is 48.5 Å². The van der Waals surface area contributed by atoms with Crippen molar-refractivity contribution in [2.24, 2.45) is 11.1 Å². The van der Waals surface area contributed by atoms with Crippen molar-refractivity contribution in [3.05, 3.63) is 48.2 Å². The van der Waals surface area contributed by atoms with Crippen LogP contribution in [0, 0.1) is 17.8 Å². The van der Waals surface area contributed by atoms with Crippen LogP contribution in [0.2, 0.25) is 0 Å². The molecule has 1 fully saturated rings. The van der Waals surface area contributed by atoms with Gasteiger partial charge in [0.25, 0.3) is 0 Å². The molecule has 4 rings (SSSR count). The van der Waals surface area contributed by atoms with Gasteiger partial charge in [-0.1, -0.05) is 25.8 Å². The number of carbonyl (C=O) groups excluding carboxylic acids is 1. The third-order valence-electron chi connectivity index (χ3n) is 7.25. The number of aromatic nitrogens is 1. The number of esters is 1. The number of piperidine rings is 1. The third-order valence-corrected chi connectivity index (χ3v) is 7.77. The largest absolute Gasteiger partial charge is 0.495 e. The van der Waals surface area contributed by atoms with E-state index >= 15 is 0 Å². The monoisotopic (exact) mass is 617 g/mol. The van der Waals surface area contributed by atoms with Gasteiger partial charge in [0.2, 0.25) is 0 Å². The van der Waals surface area contributed by atoms with Crippen LogP contribution in [0.3, 0.4) is 0 Å². The minimum atomic E-state index is -4.41. The normalized spacial score (nSPS) is 14.4. The second kappa shape index (κ2) is 14.8. The summed E-state index contributed by atoms with van der Waals surface area (Å²) in [4.78, 5) is 14.8. The zero-order valence-electron chi connectivity index (χ0n) is 24.6. The Morgan fingerprint density at radius 1 is 1.16 bits per heavy atom. The number of halogens is 3. The first-order chi connectivity index (χ1) is 20.6. The predicted octanol–water partition coefficient (Wildman–Crippen LogP) is 5.72. The highest BCUT2D eigenvalue weighted by Crippen LogP contribution is 2.32. The Kier molecular flexibility index (Phi) is 11.1. The van der Waals surface area contributed by atoms with Crippen LogP contribution in [0.25, 0.3) is 10.9 Å². The first-order valence-corrected chi connectivity index (χ1v) is 15.1. The van der Waals surface area contributed by atoms with Crippen molar-refractivity contribution < 1.29 is 27.4 Å². The molecule has 0 bridgehead atoms. The molecule has 232 valence electrons. The molecule has 0 atom stereocenters. The van der Waals surface area contributed by atoms with Crippen molar-refractivity contribution in [2.45, 2.75) is 50.3 Å². The highest BCUT2D eigenvalue weighted by molar-refractivity contribution is 7.97. The summed E-state index contributed by atoms with van der Waals surface area (Å²) < 4.78 is 52.7. The highest BCUT2D eigenvalue weighted by atomic mass is 32.2. The molecule has 12 heteroatoms. The maximum atomic E-state index is 13.6. The summed E-state index contributed by atoms with van der Waals surface area (Å²) in [6, 6.07) is 12.7. The molecule has 0 amide bonds. The van der Waals surface area contributed by atoms with Crippen molar-refractivity contribution in [2.75, 3.05) is 50.5 Å². The fourth-order valence-corrected chi connectivity index (χ4v) is 5.31. The van der Waals surface area contributed by atoms with E-state index in [4.69, 9.17) is 14.6 Å². The third kappa shape index (κ3) is 8.98. The van der Waals surface area contributed by atoms with E-state index in [9.17, 15) is 18.0 Å². The van der Waals surface area contributed by atoms with Crippen LogP contribution in [0.1, 0.15) is 32.4 Å². The van der Waals surface area contributed by atoms with Crippen molar-refractivity contribution in [1.29, 1.82) is 0 Å². The van der Waals surface area contributed by atoms with Gasteiger partial charge in [0.05, 0.1) is 36.5 Å². The number of rotatable bonds is 11. The summed E-state index contributed by atoms with van der Waals surface area (Å²) in [5.74, 6) is 6.16. The summed E-state index contributed by atoms with van der Waals surface area (Å²) in [7, 11) is 1.55. The Labute approximate surface area is 254 Å². The smallest absolute Gasteiger partial charge is 0.406 e. The lowest BCUT2D eigenvalue weighted by atomic mass is 10.0. The number of nitrogens with zero attached hydrogens (tertiary/aromatic N) is 2. The van der Waals surface area contributed by atoms with Gasteiger partial charge in [0.15, 0.2) is 0 Å². The highest BCUT2D eigenvalue weighted by Gasteiger charge is 2.30. The SMILES string of the molecule is COc1cc(SN)ccc1NCC#Cc1cc2c(NC3CCN(CCOC(=O)C(C)C)CC3)cccc2n1CC(F)(F)F. The number of fused-ring (bicyclic) bond motifs is 1. The van der Waals surface area contributed by atoms with Crippen LogP contribution in [0.5, 0.6) is 5.75 Å². The van der Waals surface area contributed by atoms with Crippen molar-refractivity contribution in [3.8, 4) is 17.6 Å². The molecule has 1 aliphatic heterocycles. The molecule has 1 aliphatic rings. The number of anilines is 2. The van der Waals surface area contributed by atoms with E-state index in [1.807, 2.05) is 32.0 Å². The second-order valence-corrected chi connectivity index (χ2v) is 11.4. The Bertz CT molecular complexity index is 1460. The average molecular weight is 618 g/mol. The minimum Gasteiger partial charge on any atom is -0.495 e. The van der Waals surface area contributed by atoms with Crippen molar-refractivity contribution >= 4 is 40.2 Å². The fraction of sp³-hybridized carbons (Fsp3) is 0.452. The van der Waals surface area contributed by atoms with Gasteiger partial charge in [-0.15, -0.1) is 0 Å². The molecule has 0 aliphatic carbocycles. The molecule has 0 saturated carbocycles. The zero-order chi connectivity index (χ0) is 31.0. The van der Waals surface area contributed by atoms with Gasteiger partial charge in [0.1, 0.15) is 18.9 Å². The first-order valence-electron chi connectivity index (χ1n) is 14.2. The summed E-state index contributed by atoms with van der Waals surface area (Å²) in [6.07, 6.45) is -2.68. The lowest BCUT2D eigenvalue weighted by molar-refractivity contribution is -0.147. The average Bonchev–Trinajstić information content (AvgIpc) is 3.32. The van der Waals surface area contributed by atoms with Gasteiger partial charge >= 0.3 is 12.1 Å². The quantitative estimate of drug-likeness (QED) is 0.143. The van der Waals surface area contributed by atoms with E-state index in [1.54, 1.807) is 31.4 Å². The van der Waals surface area contributed by atoms with E-state index in [-0.39, 0.29) is 30.2 Å². The molecule has 0 unspecified atom stereocenters. The topological polar surface area (TPSA) is 93.8 Å². The standard InChI is InChI=1S/C31H38F3N5O3S/c1-21(2)30(40)42-17-16-38-14-11-22(12-15-38)37-26-7-4-8-28-25(26)18-23(39(28)20-31(32,33)34)6-5-13-36-27-10-9-24(43-35)19-29(27)41-3/h4,7-10,18-19,21-22,36-37H,11-17,20,35H2,1-3H3. The fourth-order valence-electron chi connectivity index (χ4n) is 4.99. The van der Waals surface area contributed by atoms with E-state index < -0.39 is 12.7 Å². The number of benzene rings is 2. The van der Waals surface area contributed by atoms with Gasteiger partial charge < -0.3 is 24.7 Å².